The second-order valence-electron chi connectivity index (χ2n) is 6.10. The van der Waals surface area contributed by atoms with E-state index in [-0.39, 0.29) is 0 Å². The highest BCUT2D eigenvalue weighted by atomic mass is 16.4. The van der Waals surface area contributed by atoms with Crippen LogP contribution in [0.3, 0.4) is 0 Å². The van der Waals surface area contributed by atoms with Crippen LogP contribution in [0.4, 0.5) is 0 Å². The molecule has 4 heteroatoms. The van der Waals surface area contributed by atoms with Crippen molar-refractivity contribution in [1.29, 1.82) is 0 Å². The molecule has 2 rings (SSSR count). The lowest BCUT2D eigenvalue weighted by Crippen LogP contribution is -2.27. The fourth-order valence-electron chi connectivity index (χ4n) is 2.60. The third kappa shape index (κ3) is 3.52. The SMILES string of the molecule is CC(C)(Cc1nccc(C2CCCCC2)n1)C(=O)O. The van der Waals surface area contributed by atoms with Gasteiger partial charge in [-0.25, -0.2) is 9.97 Å². The molecule has 0 atom stereocenters. The van der Waals surface area contributed by atoms with Crippen molar-refractivity contribution in [2.45, 2.75) is 58.3 Å². The van der Waals surface area contributed by atoms with Gasteiger partial charge in [0.1, 0.15) is 5.82 Å². The number of hydrogen-bond donors (Lipinski definition) is 1. The highest BCUT2D eigenvalue weighted by Crippen LogP contribution is 2.31. The Labute approximate surface area is 114 Å². The standard InChI is InChI=1S/C15H22N2O2/c1-15(2,14(18)19)10-13-16-9-8-12(17-13)11-6-4-3-5-7-11/h8-9,11H,3-7,10H2,1-2H3,(H,18,19). The van der Waals surface area contributed by atoms with Crippen LogP contribution < -0.4 is 0 Å². The van der Waals surface area contributed by atoms with Crippen LogP contribution in [0.15, 0.2) is 12.3 Å². The summed E-state index contributed by atoms with van der Waals surface area (Å²) in [5.41, 5.74) is 0.274. The lowest BCUT2D eigenvalue weighted by atomic mass is 9.86. The van der Waals surface area contributed by atoms with Crippen LogP contribution >= 0.6 is 0 Å². The van der Waals surface area contributed by atoms with Gasteiger partial charge in [-0.2, -0.15) is 0 Å². The van der Waals surface area contributed by atoms with Gasteiger partial charge in [0.15, 0.2) is 0 Å². The molecule has 1 aromatic heterocycles. The summed E-state index contributed by atoms with van der Waals surface area (Å²) in [6.45, 7) is 3.43. The Morgan fingerprint density at radius 3 is 2.68 bits per heavy atom. The molecular formula is C15H22N2O2. The van der Waals surface area contributed by atoms with Gasteiger partial charge in [0, 0.05) is 24.2 Å². The number of carboxylic acid groups (broad SMARTS) is 1. The van der Waals surface area contributed by atoms with Gasteiger partial charge in [-0.15, -0.1) is 0 Å². The van der Waals surface area contributed by atoms with Crippen LogP contribution in [0.25, 0.3) is 0 Å². The number of rotatable bonds is 4. The first kappa shape index (κ1) is 14.0. The first-order valence-electron chi connectivity index (χ1n) is 7.04. The lowest BCUT2D eigenvalue weighted by Gasteiger charge is -2.22. The van der Waals surface area contributed by atoms with Crippen molar-refractivity contribution in [2.24, 2.45) is 5.41 Å². The number of hydrogen-bond acceptors (Lipinski definition) is 3. The van der Waals surface area contributed by atoms with E-state index < -0.39 is 11.4 Å². The Hall–Kier alpha value is -1.45. The molecule has 0 aromatic carbocycles. The summed E-state index contributed by atoms with van der Waals surface area (Å²) in [5.74, 6) is 0.373. The molecule has 104 valence electrons. The second kappa shape index (κ2) is 5.68. The van der Waals surface area contributed by atoms with Gasteiger partial charge in [0.05, 0.1) is 5.41 Å². The molecule has 0 unspecified atom stereocenters. The zero-order valence-corrected chi connectivity index (χ0v) is 11.7. The van der Waals surface area contributed by atoms with Crippen LogP contribution in [-0.4, -0.2) is 21.0 Å². The lowest BCUT2D eigenvalue weighted by molar-refractivity contribution is -0.146. The largest absolute Gasteiger partial charge is 0.481 e. The van der Waals surface area contributed by atoms with Gasteiger partial charge in [0.25, 0.3) is 0 Å². The van der Waals surface area contributed by atoms with Gasteiger partial charge in [-0.05, 0) is 32.8 Å². The average Bonchev–Trinajstić information content (AvgIpc) is 2.39. The predicted molar refractivity (Wildman–Crippen MR) is 73.0 cm³/mol. The Balaban J connectivity index is 2.12. The van der Waals surface area contributed by atoms with Gasteiger partial charge in [-0.1, -0.05) is 19.3 Å². The Bertz CT molecular complexity index is 451. The molecule has 1 fully saturated rings. The molecule has 1 aliphatic carbocycles. The number of carboxylic acids is 1. The molecule has 1 heterocycles. The van der Waals surface area contributed by atoms with E-state index in [0.29, 0.717) is 18.2 Å². The summed E-state index contributed by atoms with van der Waals surface area (Å²) in [5, 5.41) is 9.17. The zero-order chi connectivity index (χ0) is 13.9. The van der Waals surface area contributed by atoms with Crippen LogP contribution in [0, 0.1) is 5.41 Å². The van der Waals surface area contributed by atoms with Crippen molar-refractivity contribution in [1.82, 2.24) is 9.97 Å². The molecule has 1 N–H and O–H groups in total. The summed E-state index contributed by atoms with van der Waals surface area (Å²) < 4.78 is 0. The van der Waals surface area contributed by atoms with E-state index in [1.807, 2.05) is 6.07 Å². The minimum atomic E-state index is -0.814. The first-order valence-corrected chi connectivity index (χ1v) is 7.04. The summed E-state index contributed by atoms with van der Waals surface area (Å²) in [7, 11) is 0. The Kier molecular flexibility index (Phi) is 4.17. The quantitative estimate of drug-likeness (QED) is 0.905. The van der Waals surface area contributed by atoms with Gasteiger partial charge >= 0.3 is 5.97 Å². The molecule has 0 amide bonds. The van der Waals surface area contributed by atoms with Gasteiger partial charge < -0.3 is 5.11 Å². The van der Waals surface area contributed by atoms with E-state index in [1.165, 1.54) is 32.1 Å². The maximum Gasteiger partial charge on any atom is 0.309 e. The van der Waals surface area contributed by atoms with Crippen molar-refractivity contribution in [3.63, 3.8) is 0 Å². The van der Waals surface area contributed by atoms with Crippen molar-refractivity contribution >= 4 is 5.97 Å². The van der Waals surface area contributed by atoms with Gasteiger partial charge in [-0.3, -0.25) is 4.79 Å². The average molecular weight is 262 g/mol. The van der Waals surface area contributed by atoms with Crippen LogP contribution in [-0.2, 0) is 11.2 Å². The Morgan fingerprint density at radius 1 is 1.37 bits per heavy atom. The molecule has 1 aliphatic rings. The summed E-state index contributed by atoms with van der Waals surface area (Å²) in [6.07, 6.45) is 8.39. The van der Waals surface area contributed by atoms with E-state index >= 15 is 0 Å². The first-order chi connectivity index (χ1) is 8.99. The van der Waals surface area contributed by atoms with E-state index in [0.717, 1.165) is 5.69 Å². The minimum Gasteiger partial charge on any atom is -0.481 e. The second-order valence-corrected chi connectivity index (χ2v) is 6.10. The van der Waals surface area contributed by atoms with Crippen LogP contribution in [0.5, 0.6) is 0 Å². The highest BCUT2D eigenvalue weighted by Gasteiger charge is 2.29. The number of carbonyl (C=O) groups is 1. The fraction of sp³-hybridized carbons (Fsp3) is 0.667. The third-order valence-corrected chi connectivity index (χ3v) is 3.93. The molecule has 1 saturated carbocycles. The summed E-state index contributed by atoms with van der Waals surface area (Å²) in [4.78, 5) is 20.0. The molecule has 0 bridgehead atoms. The van der Waals surface area contributed by atoms with Crippen molar-refractivity contribution in [3.8, 4) is 0 Å². The molecule has 1 aromatic rings. The molecule has 4 nitrogen and oxygen atoms in total. The maximum atomic E-state index is 11.2. The smallest absolute Gasteiger partial charge is 0.309 e. The van der Waals surface area contributed by atoms with E-state index in [1.54, 1.807) is 20.0 Å². The van der Waals surface area contributed by atoms with E-state index in [4.69, 9.17) is 5.11 Å². The molecule has 0 aliphatic heterocycles. The van der Waals surface area contributed by atoms with E-state index in [2.05, 4.69) is 9.97 Å². The fourth-order valence-corrected chi connectivity index (χ4v) is 2.60. The molecule has 0 saturated heterocycles. The van der Waals surface area contributed by atoms with Crippen LogP contribution in [0.2, 0.25) is 0 Å². The molecular weight excluding hydrogens is 240 g/mol. The topological polar surface area (TPSA) is 63.1 Å². The zero-order valence-electron chi connectivity index (χ0n) is 11.7. The molecule has 0 radical (unpaired) electrons. The predicted octanol–water partition coefficient (Wildman–Crippen LogP) is 3.18. The minimum absolute atomic E-state index is 0.378. The third-order valence-electron chi connectivity index (χ3n) is 3.93. The number of aliphatic carboxylic acids is 1. The van der Waals surface area contributed by atoms with E-state index in [9.17, 15) is 4.79 Å². The summed E-state index contributed by atoms with van der Waals surface area (Å²) in [6, 6.07) is 1.98. The molecule has 0 spiro atoms. The monoisotopic (exact) mass is 262 g/mol. The molecule has 19 heavy (non-hydrogen) atoms. The normalized spacial score (nSPS) is 17.4. The van der Waals surface area contributed by atoms with Crippen molar-refractivity contribution in [3.05, 3.63) is 23.8 Å². The van der Waals surface area contributed by atoms with Crippen molar-refractivity contribution < 1.29 is 9.90 Å². The summed E-state index contributed by atoms with van der Waals surface area (Å²) >= 11 is 0. The van der Waals surface area contributed by atoms with Gasteiger partial charge in [0.2, 0.25) is 0 Å². The highest BCUT2D eigenvalue weighted by molar-refractivity contribution is 5.73. The van der Waals surface area contributed by atoms with Crippen molar-refractivity contribution in [2.75, 3.05) is 0 Å². The van der Waals surface area contributed by atoms with Crippen LogP contribution in [0.1, 0.15) is 63.4 Å². The Morgan fingerprint density at radius 2 is 2.05 bits per heavy atom. The number of aromatic nitrogens is 2. The number of nitrogens with zero attached hydrogens (tertiary/aromatic N) is 2. The maximum absolute atomic E-state index is 11.2.